The maximum absolute atomic E-state index is 12.7. The Balaban J connectivity index is 1.33. The lowest BCUT2D eigenvalue weighted by atomic mass is 9.86. The SMILES string of the molecule is O=C(NC[C@H]1CCN1C1CCCCC1)NC1CCC(C(F)F)CC1. The number of halogens is 2. The van der Waals surface area contributed by atoms with Gasteiger partial charge in [-0.3, -0.25) is 4.90 Å². The van der Waals surface area contributed by atoms with Gasteiger partial charge in [-0.15, -0.1) is 0 Å². The van der Waals surface area contributed by atoms with Crippen LogP contribution in [0.25, 0.3) is 0 Å². The topological polar surface area (TPSA) is 44.4 Å². The average molecular weight is 343 g/mol. The zero-order valence-electron chi connectivity index (χ0n) is 14.5. The van der Waals surface area contributed by atoms with Gasteiger partial charge in [0.25, 0.3) is 0 Å². The van der Waals surface area contributed by atoms with E-state index in [-0.39, 0.29) is 12.1 Å². The number of carbonyl (C=O) groups excluding carboxylic acids is 1. The number of hydrogen-bond acceptors (Lipinski definition) is 2. The highest BCUT2D eigenvalue weighted by Gasteiger charge is 2.34. The van der Waals surface area contributed by atoms with Crippen molar-refractivity contribution in [3.05, 3.63) is 0 Å². The lowest BCUT2D eigenvalue weighted by Crippen LogP contribution is -2.58. The summed E-state index contributed by atoms with van der Waals surface area (Å²) in [5.74, 6) is -0.481. The van der Waals surface area contributed by atoms with Crippen LogP contribution >= 0.6 is 0 Å². The van der Waals surface area contributed by atoms with E-state index < -0.39 is 12.3 Å². The number of hydrogen-bond donors (Lipinski definition) is 2. The molecule has 2 aliphatic carbocycles. The van der Waals surface area contributed by atoms with Crippen molar-refractivity contribution >= 4 is 6.03 Å². The minimum absolute atomic E-state index is 0.0517. The molecular formula is C18H31F2N3O. The molecule has 2 N–H and O–H groups in total. The highest BCUT2D eigenvalue weighted by molar-refractivity contribution is 5.74. The predicted molar refractivity (Wildman–Crippen MR) is 90.3 cm³/mol. The van der Waals surface area contributed by atoms with E-state index in [0.717, 1.165) is 13.0 Å². The number of likely N-dealkylation sites (tertiary alicyclic amines) is 1. The fourth-order valence-electron chi connectivity index (χ4n) is 4.54. The van der Waals surface area contributed by atoms with E-state index in [1.165, 1.54) is 32.1 Å². The number of amides is 2. The maximum atomic E-state index is 12.7. The van der Waals surface area contributed by atoms with E-state index in [1.54, 1.807) is 0 Å². The molecule has 1 aliphatic heterocycles. The van der Waals surface area contributed by atoms with Gasteiger partial charge in [0.15, 0.2) is 0 Å². The minimum atomic E-state index is -2.22. The van der Waals surface area contributed by atoms with Gasteiger partial charge in [0.2, 0.25) is 6.43 Å². The van der Waals surface area contributed by atoms with Gasteiger partial charge in [0.05, 0.1) is 0 Å². The second-order valence-electron chi connectivity index (χ2n) is 7.77. The van der Waals surface area contributed by atoms with Crippen LogP contribution in [-0.2, 0) is 0 Å². The van der Waals surface area contributed by atoms with Crippen molar-refractivity contribution in [3.8, 4) is 0 Å². The van der Waals surface area contributed by atoms with Crippen LogP contribution in [0.5, 0.6) is 0 Å². The number of carbonyl (C=O) groups is 1. The molecule has 3 fully saturated rings. The lowest BCUT2D eigenvalue weighted by molar-refractivity contribution is 0.0254. The minimum Gasteiger partial charge on any atom is -0.337 e. The van der Waals surface area contributed by atoms with Crippen LogP contribution in [0, 0.1) is 5.92 Å². The Hall–Kier alpha value is -0.910. The predicted octanol–water partition coefficient (Wildman–Crippen LogP) is 3.52. The van der Waals surface area contributed by atoms with Crippen LogP contribution in [0.1, 0.15) is 64.2 Å². The van der Waals surface area contributed by atoms with Gasteiger partial charge in [-0.1, -0.05) is 19.3 Å². The van der Waals surface area contributed by atoms with Crippen molar-refractivity contribution in [3.63, 3.8) is 0 Å². The molecule has 3 rings (SSSR count). The normalized spacial score (nSPS) is 32.4. The summed E-state index contributed by atoms with van der Waals surface area (Å²) < 4.78 is 25.3. The molecule has 0 unspecified atom stereocenters. The molecule has 0 bridgehead atoms. The van der Waals surface area contributed by atoms with Crippen molar-refractivity contribution in [2.45, 2.75) is 88.8 Å². The number of nitrogens with one attached hydrogen (secondary N) is 2. The monoisotopic (exact) mass is 343 g/mol. The van der Waals surface area contributed by atoms with Crippen LogP contribution < -0.4 is 10.6 Å². The number of urea groups is 1. The first-order valence-corrected chi connectivity index (χ1v) is 9.71. The third kappa shape index (κ3) is 4.58. The smallest absolute Gasteiger partial charge is 0.315 e. The summed E-state index contributed by atoms with van der Waals surface area (Å²) in [6.45, 7) is 1.87. The third-order valence-corrected chi connectivity index (χ3v) is 6.19. The maximum Gasteiger partial charge on any atom is 0.315 e. The second-order valence-corrected chi connectivity index (χ2v) is 7.77. The largest absolute Gasteiger partial charge is 0.337 e. The van der Waals surface area contributed by atoms with Gasteiger partial charge < -0.3 is 10.6 Å². The molecule has 0 aromatic carbocycles. The summed E-state index contributed by atoms with van der Waals surface area (Å²) in [6.07, 6.45) is 7.95. The Morgan fingerprint density at radius 3 is 2.29 bits per heavy atom. The van der Waals surface area contributed by atoms with E-state index in [4.69, 9.17) is 0 Å². The molecule has 2 saturated carbocycles. The Labute approximate surface area is 143 Å². The third-order valence-electron chi connectivity index (χ3n) is 6.19. The molecule has 0 radical (unpaired) electrons. The lowest BCUT2D eigenvalue weighted by Gasteiger charge is -2.47. The van der Waals surface area contributed by atoms with Gasteiger partial charge in [-0.05, 0) is 44.9 Å². The molecule has 0 aromatic heterocycles. The van der Waals surface area contributed by atoms with E-state index in [9.17, 15) is 13.6 Å². The van der Waals surface area contributed by atoms with Gasteiger partial charge >= 0.3 is 6.03 Å². The number of rotatable bonds is 5. The molecule has 0 spiro atoms. The van der Waals surface area contributed by atoms with Crippen LogP contribution in [0.2, 0.25) is 0 Å². The van der Waals surface area contributed by atoms with Crippen molar-refractivity contribution in [2.24, 2.45) is 5.92 Å². The van der Waals surface area contributed by atoms with Crippen molar-refractivity contribution in [1.82, 2.24) is 15.5 Å². The standard InChI is InChI=1S/C18H31F2N3O/c19-17(20)13-6-8-14(9-7-13)22-18(24)21-12-16-10-11-23(16)15-4-2-1-3-5-15/h13-17H,1-12H2,(H2,21,22,24)/t13?,14?,16-/m1/s1. The van der Waals surface area contributed by atoms with Gasteiger partial charge in [0.1, 0.15) is 0 Å². The van der Waals surface area contributed by atoms with Crippen LogP contribution in [0.4, 0.5) is 13.6 Å². The zero-order valence-corrected chi connectivity index (χ0v) is 14.5. The van der Waals surface area contributed by atoms with Crippen molar-refractivity contribution in [2.75, 3.05) is 13.1 Å². The van der Waals surface area contributed by atoms with Crippen molar-refractivity contribution in [1.29, 1.82) is 0 Å². The summed E-state index contributed by atoms with van der Waals surface area (Å²) in [4.78, 5) is 14.6. The van der Waals surface area contributed by atoms with Crippen molar-refractivity contribution < 1.29 is 13.6 Å². The van der Waals surface area contributed by atoms with E-state index in [0.29, 0.717) is 44.3 Å². The Morgan fingerprint density at radius 2 is 1.71 bits per heavy atom. The molecule has 2 amide bonds. The molecule has 4 nitrogen and oxygen atoms in total. The molecule has 6 heteroatoms. The number of nitrogens with zero attached hydrogens (tertiary/aromatic N) is 1. The van der Waals surface area contributed by atoms with Crippen LogP contribution in [0.3, 0.4) is 0 Å². The number of alkyl halides is 2. The first-order valence-electron chi connectivity index (χ1n) is 9.71. The Bertz CT molecular complexity index is 407. The van der Waals surface area contributed by atoms with Gasteiger partial charge in [-0.25, -0.2) is 13.6 Å². The molecule has 0 aromatic rings. The Kier molecular flexibility index (Phi) is 6.31. The molecule has 24 heavy (non-hydrogen) atoms. The molecule has 1 heterocycles. The quantitative estimate of drug-likeness (QED) is 0.802. The molecule has 1 saturated heterocycles. The van der Waals surface area contributed by atoms with Gasteiger partial charge in [0, 0.05) is 37.1 Å². The first kappa shape index (κ1) is 17.9. The highest BCUT2D eigenvalue weighted by atomic mass is 19.3. The second kappa shape index (κ2) is 8.45. The fourth-order valence-corrected chi connectivity index (χ4v) is 4.54. The van der Waals surface area contributed by atoms with Gasteiger partial charge in [-0.2, -0.15) is 0 Å². The summed E-state index contributed by atoms with van der Waals surface area (Å²) in [7, 11) is 0. The summed E-state index contributed by atoms with van der Waals surface area (Å²) >= 11 is 0. The molecule has 1 atom stereocenters. The fraction of sp³-hybridized carbons (Fsp3) is 0.944. The molecular weight excluding hydrogens is 312 g/mol. The summed E-state index contributed by atoms with van der Waals surface area (Å²) in [5, 5.41) is 5.96. The summed E-state index contributed by atoms with van der Waals surface area (Å²) in [5.41, 5.74) is 0. The first-order chi connectivity index (χ1) is 11.6. The Morgan fingerprint density at radius 1 is 1.00 bits per heavy atom. The van der Waals surface area contributed by atoms with E-state index in [1.807, 2.05) is 0 Å². The average Bonchev–Trinajstić information content (AvgIpc) is 2.55. The van der Waals surface area contributed by atoms with Crippen LogP contribution in [0.15, 0.2) is 0 Å². The molecule has 138 valence electrons. The van der Waals surface area contributed by atoms with Crippen LogP contribution in [-0.4, -0.2) is 48.6 Å². The van der Waals surface area contributed by atoms with E-state index in [2.05, 4.69) is 15.5 Å². The summed E-state index contributed by atoms with van der Waals surface area (Å²) in [6, 6.07) is 1.11. The van der Waals surface area contributed by atoms with E-state index >= 15 is 0 Å². The molecule has 3 aliphatic rings. The zero-order chi connectivity index (χ0) is 16.9. The highest BCUT2D eigenvalue weighted by Crippen LogP contribution is 2.30.